The Morgan fingerprint density at radius 2 is 2.04 bits per heavy atom. The van der Waals surface area contributed by atoms with E-state index in [0.717, 1.165) is 11.1 Å². The van der Waals surface area contributed by atoms with Crippen molar-refractivity contribution in [3.8, 4) is 5.75 Å². The molecule has 1 aromatic carbocycles. The first-order valence-electron chi connectivity index (χ1n) is 7.31. The minimum atomic E-state index is -0.972. The molecule has 1 saturated heterocycles. The predicted octanol–water partition coefficient (Wildman–Crippen LogP) is 2.09. The second-order valence-electron chi connectivity index (χ2n) is 5.86. The predicted molar refractivity (Wildman–Crippen MR) is 85.0 cm³/mol. The summed E-state index contributed by atoms with van der Waals surface area (Å²) in [5, 5.41) is 12.4. The number of benzene rings is 1. The number of carbonyl (C=O) groups is 2. The van der Waals surface area contributed by atoms with Gasteiger partial charge >= 0.3 is 5.97 Å². The van der Waals surface area contributed by atoms with Crippen molar-refractivity contribution < 1.29 is 24.2 Å². The Balaban J connectivity index is 1.95. The molecule has 1 unspecified atom stereocenters. The van der Waals surface area contributed by atoms with Crippen LogP contribution < -0.4 is 10.1 Å². The van der Waals surface area contributed by atoms with E-state index in [1.54, 1.807) is 12.1 Å². The minimum absolute atomic E-state index is 0.169. The normalized spacial score (nSPS) is 20.3. The van der Waals surface area contributed by atoms with Crippen LogP contribution in [0, 0.1) is 13.8 Å². The zero-order valence-corrected chi connectivity index (χ0v) is 13.9. The summed E-state index contributed by atoms with van der Waals surface area (Å²) in [5.74, 6) is -0.794. The van der Waals surface area contributed by atoms with Crippen molar-refractivity contribution in [3.05, 3.63) is 28.3 Å². The minimum Gasteiger partial charge on any atom is -0.484 e. The van der Waals surface area contributed by atoms with E-state index in [1.807, 2.05) is 13.8 Å². The van der Waals surface area contributed by atoms with Crippen molar-refractivity contribution in [3.63, 3.8) is 0 Å². The average molecular weight is 342 g/mol. The Bertz CT molecular complexity index is 587. The molecular weight excluding hydrogens is 322 g/mol. The number of rotatable bonds is 6. The van der Waals surface area contributed by atoms with Crippen molar-refractivity contribution >= 4 is 23.5 Å². The number of carboxylic acids is 1. The molecule has 0 aromatic heterocycles. The summed E-state index contributed by atoms with van der Waals surface area (Å²) in [4.78, 5) is 23.1. The summed E-state index contributed by atoms with van der Waals surface area (Å²) in [6.45, 7) is 4.16. The lowest BCUT2D eigenvalue weighted by molar-refractivity contribution is -0.139. The van der Waals surface area contributed by atoms with Crippen molar-refractivity contribution in [1.29, 1.82) is 0 Å². The van der Waals surface area contributed by atoms with Gasteiger partial charge in [0.25, 0.3) is 5.91 Å². The smallest absolute Gasteiger partial charge is 0.305 e. The van der Waals surface area contributed by atoms with Crippen LogP contribution in [0.25, 0.3) is 0 Å². The topological polar surface area (TPSA) is 84.9 Å². The zero-order chi connectivity index (χ0) is 17.0. The van der Waals surface area contributed by atoms with Gasteiger partial charge < -0.3 is 19.9 Å². The fourth-order valence-electron chi connectivity index (χ4n) is 2.65. The van der Waals surface area contributed by atoms with E-state index in [2.05, 4.69) is 5.32 Å². The summed E-state index contributed by atoms with van der Waals surface area (Å²) in [5.41, 5.74) is 0.889. The number of carbonyl (C=O) groups excluding carboxylic acids is 1. The summed E-state index contributed by atoms with van der Waals surface area (Å²) in [6.07, 6.45) is 0.308. The molecule has 126 valence electrons. The third-order valence-electron chi connectivity index (χ3n) is 3.78. The molecule has 2 rings (SSSR count). The number of aliphatic carboxylic acids is 1. The van der Waals surface area contributed by atoms with E-state index in [0.29, 0.717) is 23.8 Å². The molecule has 0 aliphatic carbocycles. The summed E-state index contributed by atoms with van der Waals surface area (Å²) in [6, 6.07) is 3.52. The number of hydrogen-bond acceptors (Lipinski definition) is 4. The molecule has 2 N–H and O–H groups in total. The molecule has 23 heavy (non-hydrogen) atoms. The molecule has 0 spiro atoms. The van der Waals surface area contributed by atoms with Crippen LogP contribution in [0.2, 0.25) is 5.02 Å². The fraction of sp³-hybridized carbons (Fsp3) is 0.500. The maximum absolute atomic E-state index is 12.1. The maximum atomic E-state index is 12.1. The molecule has 0 radical (unpaired) electrons. The third kappa shape index (κ3) is 4.59. The van der Waals surface area contributed by atoms with Gasteiger partial charge in [-0.1, -0.05) is 11.6 Å². The van der Waals surface area contributed by atoms with Crippen molar-refractivity contribution in [2.75, 3.05) is 19.8 Å². The number of amides is 1. The quantitative estimate of drug-likeness (QED) is 0.827. The molecular formula is C16H20ClNO5. The number of hydrogen-bond donors (Lipinski definition) is 2. The second kappa shape index (κ2) is 7.19. The van der Waals surface area contributed by atoms with Crippen LogP contribution in [-0.4, -0.2) is 42.3 Å². The monoisotopic (exact) mass is 341 g/mol. The Morgan fingerprint density at radius 1 is 1.39 bits per heavy atom. The first kappa shape index (κ1) is 17.6. The Kier molecular flexibility index (Phi) is 5.49. The highest BCUT2D eigenvalue weighted by Gasteiger charge is 2.38. The van der Waals surface area contributed by atoms with Crippen molar-refractivity contribution in [2.24, 2.45) is 0 Å². The van der Waals surface area contributed by atoms with Crippen LogP contribution in [-0.2, 0) is 14.3 Å². The third-order valence-corrected chi connectivity index (χ3v) is 4.37. The number of ether oxygens (including phenoxy) is 2. The van der Waals surface area contributed by atoms with E-state index >= 15 is 0 Å². The van der Waals surface area contributed by atoms with Crippen LogP contribution in [0.15, 0.2) is 12.1 Å². The molecule has 1 atom stereocenters. The van der Waals surface area contributed by atoms with Gasteiger partial charge in [-0.15, -0.1) is 0 Å². The van der Waals surface area contributed by atoms with Crippen molar-refractivity contribution in [1.82, 2.24) is 5.32 Å². The van der Waals surface area contributed by atoms with E-state index in [1.165, 1.54) is 0 Å². The molecule has 0 bridgehead atoms. The molecule has 1 aliphatic heterocycles. The number of aryl methyl sites for hydroxylation is 2. The van der Waals surface area contributed by atoms with Crippen LogP contribution in [0.3, 0.4) is 0 Å². The van der Waals surface area contributed by atoms with Gasteiger partial charge in [-0.05, 0) is 43.5 Å². The van der Waals surface area contributed by atoms with E-state index in [4.69, 9.17) is 26.2 Å². The van der Waals surface area contributed by atoms with Crippen LogP contribution in [0.4, 0.5) is 0 Å². The lowest BCUT2D eigenvalue weighted by Gasteiger charge is -2.27. The number of nitrogens with one attached hydrogen (secondary N) is 1. The molecule has 6 nitrogen and oxygen atoms in total. The zero-order valence-electron chi connectivity index (χ0n) is 13.1. The first-order chi connectivity index (χ1) is 10.8. The van der Waals surface area contributed by atoms with Gasteiger partial charge in [0.15, 0.2) is 6.61 Å². The standard InChI is InChI=1S/C16H20ClNO5/c1-10-5-12(6-11(2)15(10)17)23-8-13(19)18-16(7-14(20)21)3-4-22-9-16/h5-6H,3-4,7-9H2,1-2H3,(H,18,19)(H,20,21). The first-order valence-corrected chi connectivity index (χ1v) is 7.69. The van der Waals surface area contributed by atoms with Gasteiger partial charge in [0, 0.05) is 11.6 Å². The Hall–Kier alpha value is -1.79. The molecule has 7 heteroatoms. The van der Waals surface area contributed by atoms with Gasteiger partial charge in [0.1, 0.15) is 5.75 Å². The molecule has 1 heterocycles. The van der Waals surface area contributed by atoms with E-state index < -0.39 is 11.5 Å². The maximum Gasteiger partial charge on any atom is 0.305 e. The average Bonchev–Trinajstić information content (AvgIpc) is 2.89. The SMILES string of the molecule is Cc1cc(OCC(=O)NC2(CC(=O)O)CCOC2)cc(C)c1Cl. The van der Waals surface area contributed by atoms with Crippen LogP contribution >= 0.6 is 11.6 Å². The Morgan fingerprint density at radius 3 is 2.57 bits per heavy atom. The van der Waals surface area contributed by atoms with Gasteiger partial charge in [0.05, 0.1) is 18.6 Å². The lowest BCUT2D eigenvalue weighted by atomic mass is 9.94. The summed E-state index contributed by atoms with van der Waals surface area (Å²) in [7, 11) is 0. The molecule has 0 saturated carbocycles. The van der Waals surface area contributed by atoms with E-state index in [-0.39, 0.29) is 25.5 Å². The fourth-order valence-corrected chi connectivity index (χ4v) is 2.76. The molecule has 1 fully saturated rings. The van der Waals surface area contributed by atoms with Gasteiger partial charge in [-0.25, -0.2) is 0 Å². The molecule has 1 aromatic rings. The van der Waals surface area contributed by atoms with Gasteiger partial charge in [0.2, 0.25) is 0 Å². The van der Waals surface area contributed by atoms with Gasteiger partial charge in [-0.3, -0.25) is 9.59 Å². The highest BCUT2D eigenvalue weighted by molar-refractivity contribution is 6.32. The summed E-state index contributed by atoms with van der Waals surface area (Å²) >= 11 is 6.09. The highest BCUT2D eigenvalue weighted by Crippen LogP contribution is 2.26. The number of carboxylic acid groups (broad SMARTS) is 1. The molecule has 1 amide bonds. The molecule has 1 aliphatic rings. The summed E-state index contributed by atoms with van der Waals surface area (Å²) < 4.78 is 10.7. The van der Waals surface area contributed by atoms with Crippen LogP contribution in [0.1, 0.15) is 24.0 Å². The van der Waals surface area contributed by atoms with Crippen LogP contribution in [0.5, 0.6) is 5.75 Å². The lowest BCUT2D eigenvalue weighted by Crippen LogP contribution is -2.51. The van der Waals surface area contributed by atoms with Crippen molar-refractivity contribution in [2.45, 2.75) is 32.2 Å². The second-order valence-corrected chi connectivity index (χ2v) is 6.24. The highest BCUT2D eigenvalue weighted by atomic mass is 35.5. The van der Waals surface area contributed by atoms with Gasteiger partial charge in [-0.2, -0.15) is 0 Å². The van der Waals surface area contributed by atoms with E-state index in [9.17, 15) is 9.59 Å². The largest absolute Gasteiger partial charge is 0.484 e. The number of halogens is 1. The Labute approximate surface area is 139 Å².